The minimum Gasteiger partial charge on any atom is -0.459 e. The summed E-state index contributed by atoms with van der Waals surface area (Å²) < 4.78 is 5.74. The maximum Gasteiger partial charge on any atom is 0.333 e. The molecule has 29 heavy (non-hydrogen) atoms. The van der Waals surface area contributed by atoms with Crippen molar-refractivity contribution in [3.05, 3.63) is 72.8 Å². The van der Waals surface area contributed by atoms with Crippen molar-refractivity contribution in [1.29, 1.82) is 0 Å². The Morgan fingerprint density at radius 2 is 1.24 bits per heavy atom. The van der Waals surface area contributed by atoms with E-state index in [2.05, 4.69) is 82.8 Å². The summed E-state index contributed by atoms with van der Waals surface area (Å²) in [5.74, 6) is -0.309. The molecule has 0 saturated heterocycles. The summed E-state index contributed by atoms with van der Waals surface area (Å²) in [5, 5.41) is 0. The van der Waals surface area contributed by atoms with Crippen molar-refractivity contribution in [3.63, 3.8) is 0 Å². The van der Waals surface area contributed by atoms with Gasteiger partial charge >= 0.3 is 5.97 Å². The van der Waals surface area contributed by atoms with Crippen LogP contribution in [0.1, 0.15) is 47.5 Å². The number of benzene rings is 2. The van der Waals surface area contributed by atoms with Gasteiger partial charge < -0.3 is 4.74 Å². The normalized spacial score (nSPS) is 12.1. The minimum atomic E-state index is -0.309. The molecule has 0 amide bonds. The summed E-state index contributed by atoms with van der Waals surface area (Å²) in [4.78, 5) is 14.8. The van der Waals surface area contributed by atoms with Crippen LogP contribution >= 0.6 is 23.5 Å². The number of carbonyl (C=O) groups is 1. The van der Waals surface area contributed by atoms with Crippen molar-refractivity contribution in [2.24, 2.45) is 0 Å². The highest BCUT2D eigenvalue weighted by molar-refractivity contribution is 8.01. The zero-order valence-electron chi connectivity index (χ0n) is 18.1. The fourth-order valence-corrected chi connectivity index (χ4v) is 5.60. The molecule has 0 unspecified atom stereocenters. The second-order valence-electron chi connectivity index (χ2n) is 8.57. The van der Waals surface area contributed by atoms with Crippen LogP contribution in [0.4, 0.5) is 0 Å². The lowest BCUT2D eigenvalue weighted by Gasteiger charge is -2.34. The molecule has 0 bridgehead atoms. The van der Waals surface area contributed by atoms with Crippen LogP contribution in [0.25, 0.3) is 0 Å². The minimum absolute atomic E-state index is 0.0745. The molecule has 0 N–H and O–H groups in total. The number of thioether (sulfide) groups is 2. The molecule has 0 heterocycles. The summed E-state index contributed by atoms with van der Waals surface area (Å²) in [6.07, 6.45) is 1.35. The lowest BCUT2D eigenvalue weighted by molar-refractivity contribution is -0.145. The maximum absolute atomic E-state index is 12.3. The lowest BCUT2D eigenvalue weighted by Crippen LogP contribution is -2.33. The first-order chi connectivity index (χ1) is 13.6. The number of rotatable bonds is 10. The molecule has 2 rings (SSSR count). The Labute approximate surface area is 184 Å². The zero-order valence-corrected chi connectivity index (χ0v) is 19.7. The van der Waals surface area contributed by atoms with Gasteiger partial charge in [0.05, 0.1) is 0 Å². The SMILES string of the molecule is C=C(C)C(=O)OC(CC(C)(C)Sc1ccccc1)CC(C)(C)Sc1ccccc1. The second kappa shape index (κ2) is 10.4. The van der Waals surface area contributed by atoms with Crippen molar-refractivity contribution in [1.82, 2.24) is 0 Å². The van der Waals surface area contributed by atoms with Crippen LogP contribution in [0.5, 0.6) is 0 Å². The van der Waals surface area contributed by atoms with Crippen LogP contribution in [0.3, 0.4) is 0 Å². The van der Waals surface area contributed by atoms with Gasteiger partial charge in [-0.2, -0.15) is 0 Å². The highest BCUT2D eigenvalue weighted by atomic mass is 32.2. The molecule has 2 aromatic carbocycles. The Kier molecular flexibility index (Phi) is 8.47. The summed E-state index contributed by atoms with van der Waals surface area (Å²) in [5.41, 5.74) is 0.442. The van der Waals surface area contributed by atoms with Crippen LogP contribution in [0, 0.1) is 0 Å². The van der Waals surface area contributed by atoms with E-state index in [4.69, 9.17) is 4.74 Å². The Balaban J connectivity index is 2.12. The first kappa shape index (κ1) is 23.6. The van der Waals surface area contributed by atoms with Crippen LogP contribution in [-0.4, -0.2) is 21.6 Å². The average Bonchev–Trinajstić information content (AvgIpc) is 2.61. The summed E-state index contributed by atoms with van der Waals surface area (Å²) in [7, 11) is 0. The van der Waals surface area contributed by atoms with Crippen molar-refractivity contribution in [2.75, 3.05) is 0 Å². The van der Waals surface area contributed by atoms with E-state index in [9.17, 15) is 4.79 Å². The largest absolute Gasteiger partial charge is 0.459 e. The predicted octanol–water partition coefficient (Wildman–Crippen LogP) is 7.40. The molecule has 0 atom stereocenters. The van der Waals surface area contributed by atoms with Crippen LogP contribution in [0.2, 0.25) is 0 Å². The third-order valence-corrected chi connectivity index (χ3v) is 6.79. The van der Waals surface area contributed by atoms with E-state index in [-0.39, 0.29) is 21.6 Å². The van der Waals surface area contributed by atoms with Gasteiger partial charge in [0.15, 0.2) is 0 Å². The summed E-state index contributed by atoms with van der Waals surface area (Å²) in [6.45, 7) is 14.3. The van der Waals surface area contributed by atoms with E-state index in [1.807, 2.05) is 35.7 Å². The Hall–Kier alpha value is -1.65. The van der Waals surface area contributed by atoms with Crippen LogP contribution < -0.4 is 0 Å². The van der Waals surface area contributed by atoms with Crippen LogP contribution in [-0.2, 0) is 9.53 Å². The molecule has 0 saturated carbocycles. The van der Waals surface area contributed by atoms with Crippen LogP contribution in [0.15, 0.2) is 82.6 Å². The van der Waals surface area contributed by atoms with Crippen molar-refractivity contribution in [2.45, 2.75) is 72.8 Å². The second-order valence-corrected chi connectivity index (χ2v) is 12.1. The van der Waals surface area contributed by atoms with E-state index in [1.165, 1.54) is 9.79 Å². The predicted molar refractivity (Wildman–Crippen MR) is 127 cm³/mol. The van der Waals surface area contributed by atoms with Gasteiger partial charge in [0.1, 0.15) is 6.10 Å². The van der Waals surface area contributed by atoms with E-state index in [0.29, 0.717) is 5.57 Å². The molecular formula is C25H32O2S2. The molecule has 0 aliphatic rings. The average molecular weight is 429 g/mol. The Morgan fingerprint density at radius 3 is 1.59 bits per heavy atom. The van der Waals surface area contributed by atoms with Gasteiger partial charge in [-0.3, -0.25) is 0 Å². The lowest BCUT2D eigenvalue weighted by atomic mass is 9.96. The van der Waals surface area contributed by atoms with Crippen molar-refractivity contribution >= 4 is 29.5 Å². The highest BCUT2D eigenvalue weighted by Gasteiger charge is 2.32. The fraction of sp³-hybridized carbons (Fsp3) is 0.400. The third kappa shape index (κ3) is 8.71. The van der Waals surface area contributed by atoms with Crippen molar-refractivity contribution < 1.29 is 9.53 Å². The molecule has 0 radical (unpaired) electrons. The molecule has 4 heteroatoms. The zero-order chi connectivity index (χ0) is 21.5. The van der Waals surface area contributed by atoms with E-state index in [0.717, 1.165) is 12.8 Å². The van der Waals surface area contributed by atoms with Gasteiger partial charge in [-0.25, -0.2) is 4.79 Å². The first-order valence-electron chi connectivity index (χ1n) is 9.91. The van der Waals surface area contributed by atoms with Crippen molar-refractivity contribution in [3.8, 4) is 0 Å². The number of hydrogen-bond acceptors (Lipinski definition) is 4. The Bertz CT molecular complexity index is 743. The molecule has 0 aliphatic heterocycles. The molecule has 2 nitrogen and oxygen atoms in total. The fourth-order valence-electron chi connectivity index (χ4n) is 3.20. The number of carbonyl (C=O) groups excluding carboxylic acids is 1. The van der Waals surface area contributed by atoms with Gasteiger partial charge in [-0.1, -0.05) is 70.7 Å². The first-order valence-corrected chi connectivity index (χ1v) is 11.5. The number of hydrogen-bond donors (Lipinski definition) is 0. The molecule has 0 spiro atoms. The number of esters is 1. The molecular weight excluding hydrogens is 396 g/mol. The summed E-state index contributed by atoms with van der Waals surface area (Å²) >= 11 is 3.64. The molecule has 0 aromatic heterocycles. The smallest absolute Gasteiger partial charge is 0.333 e. The van der Waals surface area contributed by atoms with E-state index >= 15 is 0 Å². The third-order valence-electron chi connectivity index (χ3n) is 4.34. The van der Waals surface area contributed by atoms with Gasteiger partial charge in [0, 0.05) is 24.9 Å². The van der Waals surface area contributed by atoms with Gasteiger partial charge in [-0.05, 0) is 44.0 Å². The number of ether oxygens (including phenoxy) is 1. The topological polar surface area (TPSA) is 26.3 Å². The highest BCUT2D eigenvalue weighted by Crippen LogP contribution is 2.41. The summed E-state index contributed by atoms with van der Waals surface area (Å²) in [6, 6.07) is 20.7. The monoisotopic (exact) mass is 428 g/mol. The van der Waals surface area contributed by atoms with Gasteiger partial charge in [0.25, 0.3) is 0 Å². The van der Waals surface area contributed by atoms with Gasteiger partial charge in [-0.15, -0.1) is 23.5 Å². The standard InChI is InChI=1S/C25H32O2S2/c1-19(2)23(26)27-20(17-24(3,4)28-21-13-9-7-10-14-21)18-25(5,6)29-22-15-11-8-12-16-22/h7-16,20H,1,17-18H2,2-6H3. The molecule has 0 fully saturated rings. The van der Waals surface area contributed by atoms with E-state index < -0.39 is 0 Å². The quantitative estimate of drug-likeness (QED) is 0.224. The maximum atomic E-state index is 12.3. The molecule has 0 aliphatic carbocycles. The van der Waals surface area contributed by atoms with E-state index in [1.54, 1.807) is 6.92 Å². The Morgan fingerprint density at radius 1 is 0.862 bits per heavy atom. The van der Waals surface area contributed by atoms with Gasteiger partial charge in [0.2, 0.25) is 0 Å². The molecule has 156 valence electrons. The molecule has 2 aromatic rings.